The van der Waals surface area contributed by atoms with Crippen molar-refractivity contribution < 1.29 is 18.4 Å². The molecule has 0 bridgehead atoms. The molecule has 0 aliphatic carbocycles. The minimum Gasteiger partial charge on any atom is -0.353 e. The molecule has 0 unspecified atom stereocenters. The van der Waals surface area contributed by atoms with Gasteiger partial charge in [-0.3, -0.25) is 9.59 Å². The van der Waals surface area contributed by atoms with Crippen molar-refractivity contribution in [2.45, 2.75) is 13.3 Å². The first-order valence-corrected chi connectivity index (χ1v) is 9.46. The Morgan fingerprint density at radius 3 is 2.56 bits per heavy atom. The summed E-state index contributed by atoms with van der Waals surface area (Å²) in [5.41, 5.74) is 0.924. The monoisotopic (exact) mass is 408 g/mol. The smallest absolute Gasteiger partial charge is 0.280 e. The minimum atomic E-state index is -0.771. The van der Waals surface area contributed by atoms with Crippen LogP contribution in [0.5, 0.6) is 0 Å². The van der Waals surface area contributed by atoms with Crippen LogP contribution in [0.15, 0.2) is 23.6 Å². The fraction of sp³-hybridized carbons (Fsp3) is 0.176. The molecule has 0 spiro atoms. The lowest BCUT2D eigenvalue weighted by Gasteiger charge is -2.04. The number of rotatable bonds is 5. The van der Waals surface area contributed by atoms with E-state index in [1.807, 2.05) is 0 Å². The van der Waals surface area contributed by atoms with E-state index in [2.05, 4.69) is 20.6 Å². The number of carbonyl (C=O) groups excluding carboxylic acids is 2. The molecular formula is C17H14F2N4O2S2. The predicted molar refractivity (Wildman–Crippen MR) is 100 cm³/mol. The number of halogens is 2. The van der Waals surface area contributed by atoms with Gasteiger partial charge in [-0.05, 0) is 19.1 Å². The van der Waals surface area contributed by atoms with Gasteiger partial charge in [0.05, 0.1) is 22.7 Å². The molecular weight excluding hydrogens is 394 g/mol. The minimum absolute atomic E-state index is 0.287. The number of anilines is 1. The zero-order valence-corrected chi connectivity index (χ0v) is 15.9. The molecule has 3 rings (SSSR count). The highest BCUT2D eigenvalue weighted by Gasteiger charge is 2.18. The highest BCUT2D eigenvalue weighted by molar-refractivity contribution is 7.18. The molecule has 6 nitrogen and oxygen atoms in total. The van der Waals surface area contributed by atoms with Gasteiger partial charge in [0, 0.05) is 18.0 Å². The Kier molecular flexibility index (Phi) is 5.57. The summed E-state index contributed by atoms with van der Waals surface area (Å²) in [6.07, 6.45) is -0.437. The summed E-state index contributed by atoms with van der Waals surface area (Å²) in [6, 6.07) is 3.44. The van der Waals surface area contributed by atoms with E-state index in [0.29, 0.717) is 26.4 Å². The SMILES string of the molecule is CNC(=O)c1nc(C)c(-c2csc(NC(=O)Cc3c(F)cccc3F)n2)s1. The van der Waals surface area contributed by atoms with Crippen LogP contribution in [0.25, 0.3) is 10.6 Å². The summed E-state index contributed by atoms with van der Waals surface area (Å²) < 4.78 is 27.3. The molecule has 2 N–H and O–H groups in total. The number of hydrogen-bond acceptors (Lipinski definition) is 6. The van der Waals surface area contributed by atoms with Gasteiger partial charge in [0.1, 0.15) is 11.6 Å². The average molecular weight is 408 g/mol. The molecule has 0 saturated carbocycles. The largest absolute Gasteiger partial charge is 0.353 e. The first-order valence-electron chi connectivity index (χ1n) is 7.77. The average Bonchev–Trinajstić information content (AvgIpc) is 3.24. The Bertz CT molecular complexity index is 996. The number of nitrogens with zero attached hydrogens (tertiary/aromatic N) is 2. The summed E-state index contributed by atoms with van der Waals surface area (Å²) >= 11 is 2.36. The van der Waals surface area contributed by atoms with Crippen LogP contribution in [0.2, 0.25) is 0 Å². The van der Waals surface area contributed by atoms with E-state index < -0.39 is 24.0 Å². The zero-order valence-electron chi connectivity index (χ0n) is 14.3. The van der Waals surface area contributed by atoms with E-state index in [-0.39, 0.29) is 11.5 Å². The van der Waals surface area contributed by atoms with Crippen LogP contribution in [-0.2, 0) is 11.2 Å². The highest BCUT2D eigenvalue weighted by Crippen LogP contribution is 2.32. The summed E-state index contributed by atoms with van der Waals surface area (Å²) in [6.45, 7) is 1.76. The third-order valence-electron chi connectivity index (χ3n) is 3.60. The lowest BCUT2D eigenvalue weighted by molar-refractivity contribution is -0.115. The van der Waals surface area contributed by atoms with E-state index in [1.54, 1.807) is 12.3 Å². The van der Waals surface area contributed by atoms with Crippen LogP contribution in [0.4, 0.5) is 13.9 Å². The number of hydrogen-bond donors (Lipinski definition) is 2. The number of carbonyl (C=O) groups is 2. The number of amides is 2. The quantitative estimate of drug-likeness (QED) is 0.678. The van der Waals surface area contributed by atoms with Crippen molar-refractivity contribution in [3.05, 3.63) is 51.5 Å². The van der Waals surface area contributed by atoms with E-state index >= 15 is 0 Å². The van der Waals surface area contributed by atoms with Gasteiger partial charge >= 0.3 is 0 Å². The second-order valence-electron chi connectivity index (χ2n) is 5.48. The lowest BCUT2D eigenvalue weighted by Crippen LogP contribution is -2.17. The van der Waals surface area contributed by atoms with Gasteiger partial charge in [-0.2, -0.15) is 0 Å². The Hall–Kier alpha value is -2.72. The molecule has 0 radical (unpaired) electrons. The molecule has 2 amide bonds. The van der Waals surface area contributed by atoms with Gasteiger partial charge in [-0.15, -0.1) is 22.7 Å². The molecule has 0 aliphatic rings. The van der Waals surface area contributed by atoms with Crippen molar-refractivity contribution in [1.29, 1.82) is 0 Å². The van der Waals surface area contributed by atoms with Crippen LogP contribution in [0.3, 0.4) is 0 Å². The number of benzene rings is 1. The zero-order chi connectivity index (χ0) is 19.6. The maximum Gasteiger partial charge on any atom is 0.280 e. The number of aryl methyl sites for hydroxylation is 1. The van der Waals surface area contributed by atoms with Crippen LogP contribution in [-0.4, -0.2) is 28.8 Å². The molecule has 27 heavy (non-hydrogen) atoms. The number of aromatic nitrogens is 2. The van der Waals surface area contributed by atoms with Gasteiger partial charge in [-0.25, -0.2) is 18.7 Å². The van der Waals surface area contributed by atoms with E-state index in [4.69, 9.17) is 0 Å². The van der Waals surface area contributed by atoms with Crippen molar-refractivity contribution in [3.63, 3.8) is 0 Å². The first-order chi connectivity index (χ1) is 12.9. The molecule has 1 aromatic carbocycles. The first kappa shape index (κ1) is 19.1. The lowest BCUT2D eigenvalue weighted by atomic mass is 10.1. The van der Waals surface area contributed by atoms with Crippen molar-refractivity contribution in [2.24, 2.45) is 0 Å². The van der Waals surface area contributed by atoms with Gasteiger partial charge in [-0.1, -0.05) is 6.07 Å². The summed E-state index contributed by atoms with van der Waals surface area (Å²) in [5, 5.41) is 7.37. The Morgan fingerprint density at radius 1 is 1.19 bits per heavy atom. The molecule has 10 heteroatoms. The second-order valence-corrected chi connectivity index (χ2v) is 7.33. The van der Waals surface area contributed by atoms with Gasteiger partial charge < -0.3 is 10.6 Å². The van der Waals surface area contributed by atoms with Gasteiger partial charge in [0.15, 0.2) is 10.1 Å². The molecule has 3 aromatic rings. The molecule has 140 valence electrons. The van der Waals surface area contributed by atoms with Crippen molar-refractivity contribution >= 4 is 39.6 Å². The van der Waals surface area contributed by atoms with E-state index in [9.17, 15) is 18.4 Å². The van der Waals surface area contributed by atoms with Crippen LogP contribution in [0.1, 0.15) is 21.1 Å². The predicted octanol–water partition coefficient (Wildman–Crippen LogP) is 3.39. The highest BCUT2D eigenvalue weighted by atomic mass is 32.1. The fourth-order valence-corrected chi connectivity index (χ4v) is 4.06. The third-order valence-corrected chi connectivity index (χ3v) is 5.54. The van der Waals surface area contributed by atoms with Crippen molar-refractivity contribution in [1.82, 2.24) is 15.3 Å². The molecule has 2 aromatic heterocycles. The molecule has 0 aliphatic heterocycles. The molecule has 0 atom stereocenters. The summed E-state index contributed by atoms with van der Waals surface area (Å²) in [7, 11) is 1.52. The van der Waals surface area contributed by atoms with Gasteiger partial charge in [0.25, 0.3) is 5.91 Å². The third kappa shape index (κ3) is 4.17. The normalized spacial score (nSPS) is 10.7. The van der Waals surface area contributed by atoms with Crippen LogP contribution >= 0.6 is 22.7 Å². The summed E-state index contributed by atoms with van der Waals surface area (Å²) in [4.78, 5) is 33.0. The van der Waals surface area contributed by atoms with Crippen LogP contribution < -0.4 is 10.6 Å². The number of nitrogens with one attached hydrogen (secondary N) is 2. The number of thiazole rings is 2. The summed E-state index contributed by atoms with van der Waals surface area (Å²) in [5.74, 6) is -2.41. The fourth-order valence-electron chi connectivity index (χ4n) is 2.30. The molecule has 2 heterocycles. The van der Waals surface area contributed by atoms with Crippen molar-refractivity contribution in [2.75, 3.05) is 12.4 Å². The standard InChI is InChI=1S/C17H14F2N4O2S2/c1-8-14(27-16(21-8)15(25)20-2)12-7-26-17(22-12)23-13(24)6-9-10(18)4-3-5-11(9)19/h3-5,7H,6H2,1-2H3,(H,20,25)(H,22,23,24). The molecule has 0 saturated heterocycles. The maximum absolute atomic E-state index is 13.6. The second kappa shape index (κ2) is 7.89. The van der Waals surface area contributed by atoms with E-state index in [1.165, 1.54) is 35.8 Å². The Labute approximate surface area is 161 Å². The van der Waals surface area contributed by atoms with Crippen molar-refractivity contribution in [3.8, 4) is 10.6 Å². The Morgan fingerprint density at radius 2 is 1.89 bits per heavy atom. The molecule has 0 fully saturated rings. The van der Waals surface area contributed by atoms with Gasteiger partial charge in [0.2, 0.25) is 5.91 Å². The topological polar surface area (TPSA) is 84.0 Å². The Balaban J connectivity index is 1.74. The maximum atomic E-state index is 13.6. The van der Waals surface area contributed by atoms with Crippen LogP contribution in [0, 0.1) is 18.6 Å². The van der Waals surface area contributed by atoms with E-state index in [0.717, 1.165) is 12.1 Å².